The summed E-state index contributed by atoms with van der Waals surface area (Å²) in [7, 11) is 0. The molecule has 0 atom stereocenters. The zero-order valence-corrected chi connectivity index (χ0v) is 16.3. The maximum Gasteiger partial charge on any atom is 0.323 e. The molecule has 1 aromatic heterocycles. The second-order valence-electron chi connectivity index (χ2n) is 8.05. The monoisotopic (exact) mass is 372 g/mol. The highest BCUT2D eigenvalue weighted by atomic mass is 16.2. The van der Waals surface area contributed by atoms with Crippen LogP contribution in [0.2, 0.25) is 0 Å². The van der Waals surface area contributed by atoms with E-state index in [0.717, 1.165) is 64.0 Å². The van der Waals surface area contributed by atoms with Crippen LogP contribution in [0.5, 0.6) is 0 Å². The third kappa shape index (κ3) is 4.69. The number of carbonyl (C=O) groups is 1. The van der Waals surface area contributed by atoms with Crippen LogP contribution >= 0.6 is 0 Å². The number of rotatable bonds is 3. The van der Waals surface area contributed by atoms with Gasteiger partial charge >= 0.3 is 6.03 Å². The van der Waals surface area contributed by atoms with Gasteiger partial charge in [-0.1, -0.05) is 25.7 Å². The first-order chi connectivity index (χ1) is 13.3. The quantitative estimate of drug-likeness (QED) is 0.884. The predicted molar refractivity (Wildman–Crippen MR) is 107 cm³/mol. The van der Waals surface area contributed by atoms with Crippen molar-refractivity contribution < 1.29 is 4.79 Å². The topological polar surface area (TPSA) is 64.6 Å². The fraction of sp³-hybridized carbons (Fsp3) is 0.750. The first-order valence-electron chi connectivity index (χ1n) is 10.7. The van der Waals surface area contributed by atoms with Crippen molar-refractivity contribution in [2.75, 3.05) is 49.5 Å². The minimum absolute atomic E-state index is 0.0346. The van der Waals surface area contributed by atoms with Gasteiger partial charge in [-0.05, 0) is 25.7 Å². The Bertz CT molecular complexity index is 617. The van der Waals surface area contributed by atoms with Gasteiger partial charge in [0.25, 0.3) is 0 Å². The van der Waals surface area contributed by atoms with Crippen LogP contribution in [0.15, 0.2) is 12.4 Å². The summed E-state index contributed by atoms with van der Waals surface area (Å²) in [4.78, 5) is 28.1. The van der Waals surface area contributed by atoms with Crippen LogP contribution in [0.4, 0.5) is 16.4 Å². The molecule has 0 radical (unpaired) electrons. The van der Waals surface area contributed by atoms with E-state index in [1.54, 1.807) is 6.33 Å². The van der Waals surface area contributed by atoms with Crippen molar-refractivity contribution in [2.45, 2.75) is 57.4 Å². The van der Waals surface area contributed by atoms with E-state index in [-0.39, 0.29) is 6.03 Å². The molecule has 0 unspecified atom stereocenters. The predicted octanol–water partition coefficient (Wildman–Crippen LogP) is 2.95. The zero-order valence-electron chi connectivity index (χ0n) is 16.3. The molecule has 148 valence electrons. The summed E-state index contributed by atoms with van der Waals surface area (Å²) in [6.07, 6.45) is 11.7. The number of carbonyl (C=O) groups excluding carboxylic acids is 1. The average molecular weight is 373 g/mol. The lowest BCUT2D eigenvalue weighted by atomic mass is 10.2. The second kappa shape index (κ2) is 8.87. The van der Waals surface area contributed by atoms with E-state index in [4.69, 9.17) is 0 Å². The Hall–Kier alpha value is -1.89. The Morgan fingerprint density at radius 3 is 2.30 bits per heavy atom. The fourth-order valence-corrected chi connectivity index (χ4v) is 4.64. The molecular formula is C20H32N6O. The minimum atomic E-state index is -0.0346. The third-order valence-electron chi connectivity index (χ3n) is 6.26. The molecule has 1 aromatic rings. The van der Waals surface area contributed by atoms with Crippen LogP contribution in [0.25, 0.3) is 0 Å². The first-order valence-corrected chi connectivity index (χ1v) is 10.7. The molecule has 3 heterocycles. The molecule has 7 nitrogen and oxygen atoms in total. The summed E-state index contributed by atoms with van der Waals surface area (Å²) in [5.41, 5.74) is 0. The van der Waals surface area contributed by atoms with E-state index in [1.165, 1.54) is 38.5 Å². The number of aromatic nitrogens is 2. The normalized spacial score (nSPS) is 22.7. The fourth-order valence-electron chi connectivity index (χ4n) is 4.64. The Balaban J connectivity index is 1.33. The van der Waals surface area contributed by atoms with Gasteiger partial charge in [-0.25, -0.2) is 14.8 Å². The van der Waals surface area contributed by atoms with Gasteiger partial charge in [0.1, 0.15) is 18.0 Å². The highest BCUT2D eigenvalue weighted by Crippen LogP contribution is 2.25. The van der Waals surface area contributed by atoms with Crippen LogP contribution in [0.1, 0.15) is 51.4 Å². The summed E-state index contributed by atoms with van der Waals surface area (Å²) in [6.45, 7) is 5.87. The number of amides is 2. The molecule has 0 aromatic carbocycles. The Labute approximate surface area is 162 Å². The molecule has 0 bridgehead atoms. The van der Waals surface area contributed by atoms with E-state index in [1.807, 2.05) is 11.0 Å². The maximum absolute atomic E-state index is 12.5. The molecule has 3 aliphatic rings. The SMILES string of the molecule is O=C(Nc1cc(N2CCN(C3CCCC3)CC2)ncn1)N1CCCCCC1. The van der Waals surface area contributed by atoms with Gasteiger partial charge in [0.2, 0.25) is 0 Å². The van der Waals surface area contributed by atoms with Crippen molar-refractivity contribution in [1.82, 2.24) is 19.8 Å². The molecule has 1 N–H and O–H groups in total. The van der Waals surface area contributed by atoms with E-state index in [0.29, 0.717) is 5.82 Å². The van der Waals surface area contributed by atoms with Gasteiger partial charge in [0, 0.05) is 51.4 Å². The van der Waals surface area contributed by atoms with Crippen LogP contribution in [0, 0.1) is 0 Å². The number of nitrogens with one attached hydrogen (secondary N) is 1. The molecule has 1 aliphatic carbocycles. The number of hydrogen-bond acceptors (Lipinski definition) is 5. The molecule has 1 saturated carbocycles. The molecule has 2 amide bonds. The number of piperazine rings is 1. The van der Waals surface area contributed by atoms with Crippen LogP contribution in [-0.2, 0) is 0 Å². The summed E-state index contributed by atoms with van der Waals surface area (Å²) < 4.78 is 0. The van der Waals surface area contributed by atoms with Gasteiger partial charge in [-0.3, -0.25) is 10.2 Å². The smallest absolute Gasteiger partial charge is 0.323 e. The van der Waals surface area contributed by atoms with Crippen molar-refractivity contribution in [1.29, 1.82) is 0 Å². The Kier molecular flexibility index (Phi) is 6.07. The van der Waals surface area contributed by atoms with Gasteiger partial charge in [-0.2, -0.15) is 0 Å². The lowest BCUT2D eigenvalue weighted by molar-refractivity contribution is 0.187. The Morgan fingerprint density at radius 1 is 0.889 bits per heavy atom. The van der Waals surface area contributed by atoms with E-state index >= 15 is 0 Å². The van der Waals surface area contributed by atoms with Crippen molar-refractivity contribution in [3.05, 3.63) is 12.4 Å². The van der Waals surface area contributed by atoms with Crippen LogP contribution in [0.3, 0.4) is 0 Å². The lowest BCUT2D eigenvalue weighted by Gasteiger charge is -2.38. The highest BCUT2D eigenvalue weighted by molar-refractivity contribution is 5.88. The van der Waals surface area contributed by atoms with Crippen molar-refractivity contribution in [3.8, 4) is 0 Å². The summed E-state index contributed by atoms with van der Waals surface area (Å²) in [5.74, 6) is 1.52. The van der Waals surface area contributed by atoms with Crippen LogP contribution in [-0.4, -0.2) is 71.1 Å². The largest absolute Gasteiger partial charge is 0.354 e. The number of likely N-dealkylation sites (tertiary alicyclic amines) is 1. The lowest BCUT2D eigenvalue weighted by Crippen LogP contribution is -2.50. The van der Waals surface area contributed by atoms with Crippen LogP contribution < -0.4 is 10.2 Å². The van der Waals surface area contributed by atoms with Gasteiger partial charge < -0.3 is 9.80 Å². The van der Waals surface area contributed by atoms with Crippen molar-refractivity contribution >= 4 is 17.7 Å². The molecule has 27 heavy (non-hydrogen) atoms. The van der Waals surface area contributed by atoms with Crippen molar-refractivity contribution in [3.63, 3.8) is 0 Å². The molecule has 2 saturated heterocycles. The highest BCUT2D eigenvalue weighted by Gasteiger charge is 2.26. The first kappa shape index (κ1) is 18.5. The zero-order chi connectivity index (χ0) is 18.5. The van der Waals surface area contributed by atoms with E-state index in [9.17, 15) is 4.79 Å². The van der Waals surface area contributed by atoms with E-state index in [2.05, 4.69) is 25.1 Å². The number of urea groups is 1. The molecule has 4 rings (SSSR count). The standard InChI is InChI=1S/C20H32N6O/c27-20(26-9-5-1-2-6-10-26)23-18-15-19(22-16-21-18)25-13-11-24(12-14-25)17-7-3-4-8-17/h15-17H,1-14H2,(H,21,22,23,27). The number of nitrogens with zero attached hydrogens (tertiary/aromatic N) is 5. The third-order valence-corrected chi connectivity index (χ3v) is 6.26. The Morgan fingerprint density at radius 2 is 1.59 bits per heavy atom. The number of anilines is 2. The summed E-state index contributed by atoms with van der Waals surface area (Å²) in [5, 5.41) is 2.97. The molecule has 2 aliphatic heterocycles. The summed E-state index contributed by atoms with van der Waals surface area (Å²) >= 11 is 0. The average Bonchev–Trinajstić information content (AvgIpc) is 3.10. The molecule has 3 fully saturated rings. The van der Waals surface area contributed by atoms with Gasteiger partial charge in [0.15, 0.2) is 0 Å². The van der Waals surface area contributed by atoms with Crippen molar-refractivity contribution in [2.24, 2.45) is 0 Å². The molecular weight excluding hydrogens is 340 g/mol. The van der Waals surface area contributed by atoms with Gasteiger partial charge in [0.05, 0.1) is 0 Å². The molecule has 7 heteroatoms. The maximum atomic E-state index is 12.5. The second-order valence-corrected chi connectivity index (χ2v) is 8.05. The summed E-state index contributed by atoms with van der Waals surface area (Å²) in [6, 6.07) is 2.68. The minimum Gasteiger partial charge on any atom is -0.354 e. The molecule has 0 spiro atoms. The van der Waals surface area contributed by atoms with E-state index < -0.39 is 0 Å². The number of hydrogen-bond donors (Lipinski definition) is 1. The van der Waals surface area contributed by atoms with Gasteiger partial charge in [-0.15, -0.1) is 0 Å².